The van der Waals surface area contributed by atoms with E-state index in [0.29, 0.717) is 11.0 Å². The Morgan fingerprint density at radius 2 is 2.06 bits per heavy atom. The van der Waals surface area contributed by atoms with Crippen molar-refractivity contribution in [2.24, 2.45) is 0 Å². The third-order valence-corrected chi connectivity index (χ3v) is 2.75. The number of anilines is 1. The highest BCUT2D eigenvalue weighted by molar-refractivity contribution is 6.29. The van der Waals surface area contributed by atoms with Crippen molar-refractivity contribution in [1.29, 1.82) is 0 Å². The summed E-state index contributed by atoms with van der Waals surface area (Å²) in [5.74, 6) is 0.714. The molecule has 2 aromatic rings. The van der Waals surface area contributed by atoms with Crippen LogP contribution in [0.2, 0.25) is 5.15 Å². The average molecular weight is 248 g/mol. The van der Waals surface area contributed by atoms with Gasteiger partial charge in [-0.05, 0) is 24.5 Å². The summed E-state index contributed by atoms with van der Waals surface area (Å²) in [4.78, 5) is 8.09. The first-order valence-corrected chi connectivity index (χ1v) is 5.89. The van der Waals surface area contributed by atoms with E-state index in [4.69, 9.17) is 11.6 Å². The van der Waals surface area contributed by atoms with Crippen molar-refractivity contribution in [2.45, 2.75) is 13.3 Å². The topological polar surface area (TPSA) is 37.8 Å². The summed E-state index contributed by atoms with van der Waals surface area (Å²) < 4.78 is 0. The first kappa shape index (κ1) is 11.9. The molecule has 1 aromatic carbocycles. The summed E-state index contributed by atoms with van der Waals surface area (Å²) >= 11 is 5.75. The smallest absolute Gasteiger partial charge is 0.149 e. The van der Waals surface area contributed by atoms with Crippen molar-refractivity contribution in [2.75, 3.05) is 11.9 Å². The summed E-state index contributed by atoms with van der Waals surface area (Å²) in [6.45, 7) is 2.94. The molecule has 2 rings (SSSR count). The molecule has 0 unspecified atom stereocenters. The molecule has 1 heterocycles. The third kappa shape index (κ3) is 3.43. The van der Waals surface area contributed by atoms with Gasteiger partial charge in [-0.1, -0.05) is 35.9 Å². The second kappa shape index (κ2) is 5.64. The molecule has 0 spiro atoms. The molecule has 0 fully saturated rings. The fourth-order valence-corrected chi connectivity index (χ4v) is 1.79. The number of rotatable bonds is 4. The molecule has 88 valence electrons. The lowest BCUT2D eigenvalue weighted by molar-refractivity contribution is 0.988. The lowest BCUT2D eigenvalue weighted by atomic mass is 10.1. The van der Waals surface area contributed by atoms with Gasteiger partial charge in [-0.3, -0.25) is 4.98 Å². The van der Waals surface area contributed by atoms with E-state index in [2.05, 4.69) is 46.5 Å². The number of nitrogens with one attached hydrogen (secondary N) is 1. The van der Waals surface area contributed by atoms with E-state index in [1.54, 1.807) is 6.20 Å². The number of aromatic nitrogens is 2. The van der Waals surface area contributed by atoms with Crippen LogP contribution in [0.4, 0.5) is 5.82 Å². The molecule has 3 nitrogen and oxygen atoms in total. The van der Waals surface area contributed by atoms with Crippen LogP contribution in [0.15, 0.2) is 36.7 Å². The molecule has 0 aliphatic carbocycles. The first-order valence-electron chi connectivity index (χ1n) is 5.51. The Kier molecular flexibility index (Phi) is 3.94. The number of aryl methyl sites for hydroxylation is 1. The number of halogens is 1. The minimum Gasteiger partial charge on any atom is -0.368 e. The van der Waals surface area contributed by atoms with Crippen LogP contribution in [0.5, 0.6) is 0 Å². The average Bonchev–Trinajstić information content (AvgIpc) is 2.32. The zero-order valence-electron chi connectivity index (χ0n) is 9.65. The zero-order chi connectivity index (χ0) is 12.1. The highest BCUT2D eigenvalue weighted by Crippen LogP contribution is 2.09. The van der Waals surface area contributed by atoms with Gasteiger partial charge < -0.3 is 5.32 Å². The van der Waals surface area contributed by atoms with Gasteiger partial charge in [0.15, 0.2) is 0 Å². The molecule has 1 N–H and O–H groups in total. The summed E-state index contributed by atoms with van der Waals surface area (Å²) in [6, 6.07) is 8.37. The van der Waals surface area contributed by atoms with Crippen LogP contribution in [0, 0.1) is 6.92 Å². The van der Waals surface area contributed by atoms with E-state index in [0.717, 1.165) is 13.0 Å². The summed E-state index contributed by atoms with van der Waals surface area (Å²) in [5, 5.41) is 3.61. The van der Waals surface area contributed by atoms with Gasteiger partial charge in [-0.2, -0.15) is 0 Å². The molecular weight excluding hydrogens is 234 g/mol. The molecule has 0 atom stereocenters. The molecule has 0 bridgehead atoms. The Balaban J connectivity index is 1.90. The molecule has 0 saturated heterocycles. The van der Waals surface area contributed by atoms with Gasteiger partial charge in [0, 0.05) is 6.54 Å². The van der Waals surface area contributed by atoms with Gasteiger partial charge in [0.1, 0.15) is 11.0 Å². The summed E-state index contributed by atoms with van der Waals surface area (Å²) in [6.07, 6.45) is 4.15. The van der Waals surface area contributed by atoms with Crippen molar-refractivity contribution >= 4 is 17.4 Å². The van der Waals surface area contributed by atoms with Gasteiger partial charge in [0.2, 0.25) is 0 Å². The minimum atomic E-state index is 0.408. The highest BCUT2D eigenvalue weighted by atomic mass is 35.5. The van der Waals surface area contributed by atoms with Crippen LogP contribution in [-0.4, -0.2) is 16.5 Å². The lowest BCUT2D eigenvalue weighted by Crippen LogP contribution is -2.07. The molecule has 1 aromatic heterocycles. The van der Waals surface area contributed by atoms with Crippen LogP contribution in [0.3, 0.4) is 0 Å². The Morgan fingerprint density at radius 1 is 1.24 bits per heavy atom. The monoisotopic (exact) mass is 247 g/mol. The Bertz CT molecular complexity index is 500. The fourth-order valence-electron chi connectivity index (χ4n) is 1.64. The van der Waals surface area contributed by atoms with E-state index in [1.807, 2.05) is 0 Å². The molecular formula is C13H14ClN3. The summed E-state index contributed by atoms with van der Waals surface area (Å²) in [5.41, 5.74) is 2.65. The molecule has 17 heavy (non-hydrogen) atoms. The summed E-state index contributed by atoms with van der Waals surface area (Å²) in [7, 11) is 0. The fraction of sp³-hybridized carbons (Fsp3) is 0.231. The maximum absolute atomic E-state index is 5.75. The number of nitrogens with zero attached hydrogens (tertiary/aromatic N) is 2. The van der Waals surface area contributed by atoms with Crippen molar-refractivity contribution in [3.63, 3.8) is 0 Å². The Hall–Kier alpha value is -1.61. The predicted molar refractivity (Wildman–Crippen MR) is 70.4 cm³/mol. The zero-order valence-corrected chi connectivity index (χ0v) is 10.4. The number of benzene rings is 1. The molecule has 0 saturated carbocycles. The van der Waals surface area contributed by atoms with Crippen LogP contribution >= 0.6 is 11.6 Å². The second-order valence-corrected chi connectivity index (χ2v) is 4.22. The predicted octanol–water partition coefficient (Wildman–Crippen LogP) is 3.09. The normalized spacial score (nSPS) is 10.2. The largest absolute Gasteiger partial charge is 0.368 e. The van der Waals surface area contributed by atoms with E-state index >= 15 is 0 Å². The maximum atomic E-state index is 5.75. The second-order valence-electron chi connectivity index (χ2n) is 3.83. The van der Waals surface area contributed by atoms with E-state index in [1.165, 1.54) is 17.3 Å². The van der Waals surface area contributed by atoms with Gasteiger partial charge >= 0.3 is 0 Å². The molecule has 0 radical (unpaired) electrons. The first-order chi connectivity index (χ1) is 8.25. The van der Waals surface area contributed by atoms with Crippen molar-refractivity contribution in [3.8, 4) is 0 Å². The standard InChI is InChI=1S/C13H14ClN3/c1-10-4-2-3-5-11(10)6-7-16-13-9-15-8-12(14)17-13/h2-5,8-9H,6-7H2,1H3,(H,16,17). The SMILES string of the molecule is Cc1ccccc1CCNc1cncc(Cl)n1. The third-order valence-electron chi connectivity index (χ3n) is 2.57. The highest BCUT2D eigenvalue weighted by Gasteiger charge is 1.98. The Morgan fingerprint density at radius 3 is 2.82 bits per heavy atom. The quantitative estimate of drug-likeness (QED) is 0.902. The molecule has 0 amide bonds. The van der Waals surface area contributed by atoms with Gasteiger partial charge in [0.25, 0.3) is 0 Å². The van der Waals surface area contributed by atoms with Gasteiger partial charge in [-0.25, -0.2) is 4.98 Å². The number of hydrogen-bond donors (Lipinski definition) is 1. The van der Waals surface area contributed by atoms with Crippen LogP contribution in [0.1, 0.15) is 11.1 Å². The van der Waals surface area contributed by atoms with E-state index in [-0.39, 0.29) is 0 Å². The lowest BCUT2D eigenvalue weighted by Gasteiger charge is -2.07. The minimum absolute atomic E-state index is 0.408. The molecule has 0 aliphatic heterocycles. The van der Waals surface area contributed by atoms with Crippen LogP contribution in [-0.2, 0) is 6.42 Å². The van der Waals surface area contributed by atoms with Crippen molar-refractivity contribution in [1.82, 2.24) is 9.97 Å². The Labute approximate surface area is 106 Å². The van der Waals surface area contributed by atoms with E-state index in [9.17, 15) is 0 Å². The van der Waals surface area contributed by atoms with Gasteiger partial charge in [-0.15, -0.1) is 0 Å². The van der Waals surface area contributed by atoms with Crippen LogP contribution in [0.25, 0.3) is 0 Å². The molecule has 0 aliphatic rings. The van der Waals surface area contributed by atoms with Gasteiger partial charge in [0.05, 0.1) is 12.4 Å². The van der Waals surface area contributed by atoms with Crippen LogP contribution < -0.4 is 5.32 Å². The maximum Gasteiger partial charge on any atom is 0.149 e. The molecule has 4 heteroatoms. The van der Waals surface area contributed by atoms with E-state index < -0.39 is 0 Å². The number of hydrogen-bond acceptors (Lipinski definition) is 3. The van der Waals surface area contributed by atoms with Crippen molar-refractivity contribution in [3.05, 3.63) is 52.9 Å². The van der Waals surface area contributed by atoms with Crippen molar-refractivity contribution < 1.29 is 0 Å².